The lowest BCUT2D eigenvalue weighted by atomic mass is 9.83. The number of amides is 1. The van der Waals surface area contributed by atoms with Gasteiger partial charge in [0.05, 0.1) is 18.8 Å². The highest BCUT2D eigenvalue weighted by Crippen LogP contribution is 2.46. The third kappa shape index (κ3) is 7.06. The Morgan fingerprint density at radius 2 is 1.73 bits per heavy atom. The van der Waals surface area contributed by atoms with E-state index in [0.29, 0.717) is 6.61 Å². The SMILES string of the molecule is COCC(C)(C)c1cccc(C2(NCC(O)C(Cc3cc(F)cc(F)c3)N(C(=O)O)C(C)(C)C)CC2)c1. The zero-order valence-electron chi connectivity index (χ0n) is 22.6. The molecule has 2 aromatic rings. The Kier molecular flexibility index (Phi) is 8.67. The molecule has 0 saturated heterocycles. The maximum absolute atomic E-state index is 13.9. The van der Waals surface area contributed by atoms with Crippen LogP contribution in [0.2, 0.25) is 0 Å². The van der Waals surface area contributed by atoms with Crippen LogP contribution in [0.15, 0.2) is 42.5 Å². The van der Waals surface area contributed by atoms with E-state index in [2.05, 4.69) is 37.4 Å². The number of rotatable bonds is 11. The molecule has 0 aliphatic heterocycles. The minimum atomic E-state index is -1.21. The van der Waals surface area contributed by atoms with Gasteiger partial charge in [0.1, 0.15) is 11.6 Å². The molecule has 6 nitrogen and oxygen atoms in total. The normalized spacial score (nSPS) is 16.8. The topological polar surface area (TPSA) is 82.0 Å². The predicted molar refractivity (Wildman–Crippen MR) is 140 cm³/mol. The van der Waals surface area contributed by atoms with E-state index in [1.54, 1.807) is 27.9 Å². The Morgan fingerprint density at radius 3 is 2.24 bits per heavy atom. The summed E-state index contributed by atoms with van der Waals surface area (Å²) in [6, 6.07) is 10.5. The summed E-state index contributed by atoms with van der Waals surface area (Å²) in [5, 5.41) is 24.8. The highest BCUT2D eigenvalue weighted by molar-refractivity contribution is 5.66. The van der Waals surface area contributed by atoms with E-state index in [0.717, 1.165) is 30.0 Å². The summed E-state index contributed by atoms with van der Waals surface area (Å²) in [7, 11) is 1.68. The number of halogens is 2. The average Bonchev–Trinajstić information content (AvgIpc) is 3.56. The van der Waals surface area contributed by atoms with Gasteiger partial charge in [-0.25, -0.2) is 13.6 Å². The van der Waals surface area contributed by atoms with E-state index >= 15 is 0 Å². The second kappa shape index (κ2) is 11.1. The van der Waals surface area contributed by atoms with Gasteiger partial charge in [-0.2, -0.15) is 0 Å². The molecule has 0 spiro atoms. The highest BCUT2D eigenvalue weighted by atomic mass is 19.1. The summed E-state index contributed by atoms with van der Waals surface area (Å²) in [6.45, 7) is 10.1. The predicted octanol–water partition coefficient (Wildman–Crippen LogP) is 5.22. The quantitative estimate of drug-likeness (QED) is 0.380. The molecule has 37 heavy (non-hydrogen) atoms. The first-order chi connectivity index (χ1) is 17.2. The van der Waals surface area contributed by atoms with Crippen LogP contribution in [0.1, 0.15) is 64.2 Å². The van der Waals surface area contributed by atoms with E-state index in [1.807, 2.05) is 6.07 Å². The van der Waals surface area contributed by atoms with Crippen molar-refractivity contribution in [1.82, 2.24) is 10.2 Å². The number of aliphatic hydroxyl groups is 1. The van der Waals surface area contributed by atoms with Gasteiger partial charge < -0.3 is 20.3 Å². The Labute approximate surface area is 218 Å². The van der Waals surface area contributed by atoms with E-state index in [-0.39, 0.29) is 29.5 Å². The lowest BCUT2D eigenvalue weighted by molar-refractivity contribution is 0.00644. The summed E-state index contributed by atoms with van der Waals surface area (Å²) in [6.07, 6.45) is -0.588. The van der Waals surface area contributed by atoms with E-state index < -0.39 is 35.4 Å². The fourth-order valence-electron chi connectivity index (χ4n) is 5.11. The molecule has 0 radical (unpaired) electrons. The summed E-state index contributed by atoms with van der Waals surface area (Å²) < 4.78 is 33.2. The summed E-state index contributed by atoms with van der Waals surface area (Å²) in [4.78, 5) is 13.4. The average molecular weight is 519 g/mol. The number of hydrogen-bond donors (Lipinski definition) is 3. The molecule has 3 N–H and O–H groups in total. The molecule has 2 unspecified atom stereocenters. The third-order valence-electron chi connectivity index (χ3n) is 7.17. The maximum Gasteiger partial charge on any atom is 0.408 e. The van der Waals surface area contributed by atoms with Crippen molar-refractivity contribution in [3.05, 3.63) is 70.8 Å². The van der Waals surface area contributed by atoms with Gasteiger partial charge in [0.25, 0.3) is 0 Å². The standard InChI is InChI=1S/C29H40F2N2O4/c1-27(2,3)33(26(35)36)24(14-19-12-22(30)16-23(31)13-19)25(34)17-32-29(10-11-29)21-9-7-8-20(15-21)28(4,5)18-37-6/h7-9,12-13,15-16,24-25,32,34H,10-11,14,17-18H2,1-6H3,(H,35,36). The van der Waals surface area contributed by atoms with Crippen molar-refractivity contribution in [3.63, 3.8) is 0 Å². The monoisotopic (exact) mass is 518 g/mol. The van der Waals surface area contributed by atoms with Crippen LogP contribution >= 0.6 is 0 Å². The number of nitrogens with one attached hydrogen (secondary N) is 1. The molecule has 1 amide bonds. The molecule has 204 valence electrons. The van der Waals surface area contributed by atoms with Gasteiger partial charge in [-0.3, -0.25) is 4.90 Å². The Balaban J connectivity index is 1.84. The van der Waals surface area contributed by atoms with Crippen LogP contribution < -0.4 is 5.32 Å². The van der Waals surface area contributed by atoms with E-state index in [4.69, 9.17) is 4.74 Å². The number of carbonyl (C=O) groups is 1. The van der Waals surface area contributed by atoms with Crippen LogP contribution in [-0.2, 0) is 22.1 Å². The van der Waals surface area contributed by atoms with Gasteiger partial charge in [-0.15, -0.1) is 0 Å². The Bertz CT molecular complexity index is 1080. The number of carboxylic acid groups (broad SMARTS) is 1. The van der Waals surface area contributed by atoms with Crippen molar-refractivity contribution in [2.75, 3.05) is 20.3 Å². The van der Waals surface area contributed by atoms with Gasteiger partial charge in [0.15, 0.2) is 0 Å². The van der Waals surface area contributed by atoms with Gasteiger partial charge in [-0.05, 0) is 68.9 Å². The molecule has 2 aromatic carbocycles. The zero-order chi connectivity index (χ0) is 27.6. The molecule has 8 heteroatoms. The Hall–Kier alpha value is -2.55. The third-order valence-corrected chi connectivity index (χ3v) is 7.17. The van der Waals surface area contributed by atoms with Gasteiger partial charge in [0.2, 0.25) is 0 Å². The number of aliphatic hydroxyl groups excluding tert-OH is 1. The molecular weight excluding hydrogens is 478 g/mol. The van der Waals surface area contributed by atoms with Crippen LogP contribution in [0.5, 0.6) is 0 Å². The van der Waals surface area contributed by atoms with Crippen molar-refractivity contribution in [2.24, 2.45) is 0 Å². The van der Waals surface area contributed by atoms with Crippen LogP contribution in [0.4, 0.5) is 13.6 Å². The lowest BCUT2D eigenvalue weighted by Gasteiger charge is -2.42. The largest absolute Gasteiger partial charge is 0.465 e. The summed E-state index contributed by atoms with van der Waals surface area (Å²) >= 11 is 0. The maximum atomic E-state index is 13.9. The first kappa shape index (κ1) is 29.0. The molecule has 1 aliphatic rings. The van der Waals surface area contributed by atoms with Crippen molar-refractivity contribution < 1.29 is 28.5 Å². The second-order valence-electron chi connectivity index (χ2n) is 11.8. The second-order valence-corrected chi connectivity index (χ2v) is 11.8. The number of methoxy groups -OCH3 is 1. The van der Waals surface area contributed by atoms with Crippen LogP contribution in [0, 0.1) is 11.6 Å². The van der Waals surface area contributed by atoms with Crippen molar-refractivity contribution in [3.8, 4) is 0 Å². The summed E-state index contributed by atoms with van der Waals surface area (Å²) in [5.41, 5.74) is 1.21. The molecule has 2 atom stereocenters. The van der Waals surface area contributed by atoms with Crippen LogP contribution in [-0.4, -0.2) is 59.2 Å². The molecular formula is C29H40F2N2O4. The van der Waals surface area contributed by atoms with Crippen LogP contribution in [0.25, 0.3) is 0 Å². The number of benzene rings is 2. The number of hydrogen-bond acceptors (Lipinski definition) is 4. The van der Waals surface area contributed by atoms with Gasteiger partial charge >= 0.3 is 6.09 Å². The fourth-order valence-corrected chi connectivity index (χ4v) is 5.11. The minimum absolute atomic E-state index is 0.0329. The molecule has 1 fully saturated rings. The summed E-state index contributed by atoms with van der Waals surface area (Å²) in [5.74, 6) is -1.49. The van der Waals surface area contributed by atoms with E-state index in [1.165, 1.54) is 17.0 Å². The first-order valence-electron chi connectivity index (χ1n) is 12.7. The zero-order valence-corrected chi connectivity index (χ0v) is 22.6. The smallest absolute Gasteiger partial charge is 0.408 e. The van der Waals surface area contributed by atoms with Crippen molar-refractivity contribution in [2.45, 2.75) is 82.5 Å². The molecule has 1 saturated carbocycles. The van der Waals surface area contributed by atoms with Gasteiger partial charge in [-0.1, -0.05) is 38.1 Å². The lowest BCUT2D eigenvalue weighted by Crippen LogP contribution is -2.58. The molecule has 0 aromatic heterocycles. The van der Waals surface area contributed by atoms with Crippen molar-refractivity contribution >= 4 is 6.09 Å². The minimum Gasteiger partial charge on any atom is -0.465 e. The molecule has 1 aliphatic carbocycles. The van der Waals surface area contributed by atoms with Crippen LogP contribution in [0.3, 0.4) is 0 Å². The number of ether oxygens (including phenoxy) is 1. The van der Waals surface area contributed by atoms with Gasteiger partial charge in [0, 0.05) is 36.2 Å². The van der Waals surface area contributed by atoms with Crippen molar-refractivity contribution in [1.29, 1.82) is 0 Å². The highest BCUT2D eigenvalue weighted by Gasteiger charge is 2.46. The molecule has 0 bridgehead atoms. The Morgan fingerprint density at radius 1 is 1.11 bits per heavy atom. The first-order valence-corrected chi connectivity index (χ1v) is 12.7. The van der Waals surface area contributed by atoms with E-state index in [9.17, 15) is 23.8 Å². The fraction of sp³-hybridized carbons (Fsp3) is 0.552. The molecule has 0 heterocycles. The molecule has 3 rings (SSSR count). The number of nitrogens with zero attached hydrogens (tertiary/aromatic N) is 1.